The van der Waals surface area contributed by atoms with Crippen LogP contribution in [0.1, 0.15) is 28.0 Å². The Morgan fingerprint density at radius 2 is 2.21 bits per heavy atom. The molecule has 19 heavy (non-hydrogen) atoms. The summed E-state index contributed by atoms with van der Waals surface area (Å²) in [5.41, 5.74) is 2.43. The number of likely N-dealkylation sites (N-methyl/N-ethyl adjacent to an activating group) is 1. The lowest BCUT2D eigenvalue weighted by Gasteiger charge is -2.21. The van der Waals surface area contributed by atoms with E-state index in [1.54, 1.807) is 11.3 Å². The Bertz CT molecular complexity index is 576. The summed E-state index contributed by atoms with van der Waals surface area (Å²) in [6.45, 7) is 2.77. The maximum absolute atomic E-state index is 6.20. The standard InChI is InChI=1S/C15H16ClNOS/c1-9-7-13(19-15(9)16)14(17-2)11-8-18-12-6-4-3-5-10(11)12/h3-7,11,14,17H,8H2,1-2H3. The molecule has 2 nitrogen and oxygen atoms in total. The summed E-state index contributed by atoms with van der Waals surface area (Å²) >= 11 is 7.85. The average Bonchev–Trinajstić information content (AvgIpc) is 2.97. The molecule has 3 rings (SSSR count). The van der Waals surface area contributed by atoms with Gasteiger partial charge in [-0.25, -0.2) is 0 Å². The minimum atomic E-state index is 0.250. The predicted octanol–water partition coefficient (Wildman–Crippen LogP) is 4.15. The first-order valence-corrected chi connectivity index (χ1v) is 7.55. The van der Waals surface area contributed by atoms with Gasteiger partial charge in [0, 0.05) is 16.4 Å². The Kier molecular flexibility index (Phi) is 3.52. The number of hydrogen-bond acceptors (Lipinski definition) is 3. The normalized spacial score (nSPS) is 19.0. The van der Waals surface area contributed by atoms with Gasteiger partial charge in [0.2, 0.25) is 0 Å². The van der Waals surface area contributed by atoms with Gasteiger partial charge in [-0.05, 0) is 31.7 Å². The summed E-state index contributed by atoms with van der Waals surface area (Å²) in [5, 5.41) is 3.41. The van der Waals surface area contributed by atoms with Gasteiger partial charge in [0.05, 0.1) is 17.0 Å². The summed E-state index contributed by atoms with van der Waals surface area (Å²) in [6.07, 6.45) is 0. The van der Waals surface area contributed by atoms with Crippen molar-refractivity contribution in [2.75, 3.05) is 13.7 Å². The van der Waals surface area contributed by atoms with Crippen molar-refractivity contribution >= 4 is 22.9 Å². The summed E-state index contributed by atoms with van der Waals surface area (Å²) in [7, 11) is 1.99. The van der Waals surface area contributed by atoms with Crippen LogP contribution >= 0.6 is 22.9 Å². The van der Waals surface area contributed by atoms with Gasteiger partial charge in [0.25, 0.3) is 0 Å². The fourth-order valence-corrected chi connectivity index (χ4v) is 4.04. The van der Waals surface area contributed by atoms with Gasteiger partial charge >= 0.3 is 0 Å². The Balaban J connectivity index is 1.96. The second kappa shape index (κ2) is 5.16. The van der Waals surface area contributed by atoms with Crippen LogP contribution in [0.4, 0.5) is 0 Å². The van der Waals surface area contributed by atoms with Crippen LogP contribution in [0.25, 0.3) is 0 Å². The fraction of sp³-hybridized carbons (Fsp3) is 0.333. The van der Waals surface area contributed by atoms with E-state index in [1.807, 2.05) is 26.1 Å². The first-order valence-electron chi connectivity index (χ1n) is 6.35. The molecule has 1 aromatic carbocycles. The predicted molar refractivity (Wildman–Crippen MR) is 80.5 cm³/mol. The molecule has 4 heteroatoms. The van der Waals surface area contributed by atoms with Gasteiger partial charge in [0.15, 0.2) is 0 Å². The molecule has 1 aliphatic heterocycles. The highest BCUT2D eigenvalue weighted by Crippen LogP contribution is 2.43. The number of thiophene rings is 1. The van der Waals surface area contributed by atoms with Crippen molar-refractivity contribution in [2.24, 2.45) is 0 Å². The Hall–Kier alpha value is -1.03. The van der Waals surface area contributed by atoms with E-state index in [9.17, 15) is 0 Å². The van der Waals surface area contributed by atoms with Crippen molar-refractivity contribution < 1.29 is 4.74 Å². The van der Waals surface area contributed by atoms with Gasteiger partial charge < -0.3 is 10.1 Å². The molecule has 0 saturated carbocycles. The van der Waals surface area contributed by atoms with Gasteiger partial charge in [-0.1, -0.05) is 29.8 Å². The topological polar surface area (TPSA) is 21.3 Å². The molecule has 0 amide bonds. The molecule has 1 aliphatic rings. The lowest BCUT2D eigenvalue weighted by atomic mass is 9.92. The minimum Gasteiger partial charge on any atom is -0.493 e. The number of fused-ring (bicyclic) bond motifs is 1. The van der Waals surface area contributed by atoms with E-state index < -0.39 is 0 Å². The molecule has 2 unspecified atom stereocenters. The number of ether oxygens (including phenoxy) is 1. The smallest absolute Gasteiger partial charge is 0.122 e. The van der Waals surface area contributed by atoms with E-state index in [1.165, 1.54) is 10.4 Å². The largest absolute Gasteiger partial charge is 0.493 e. The highest BCUT2D eigenvalue weighted by atomic mass is 35.5. The number of para-hydroxylation sites is 1. The van der Waals surface area contributed by atoms with Crippen LogP contribution < -0.4 is 10.1 Å². The Morgan fingerprint density at radius 3 is 2.89 bits per heavy atom. The van der Waals surface area contributed by atoms with Gasteiger partial charge in [0.1, 0.15) is 5.75 Å². The molecular weight excluding hydrogens is 278 g/mol. The zero-order chi connectivity index (χ0) is 13.4. The number of aryl methyl sites for hydroxylation is 1. The molecule has 0 fully saturated rings. The molecule has 0 bridgehead atoms. The summed E-state index contributed by atoms with van der Waals surface area (Å²) in [4.78, 5) is 1.27. The van der Waals surface area contributed by atoms with Crippen molar-refractivity contribution in [2.45, 2.75) is 18.9 Å². The van der Waals surface area contributed by atoms with Crippen LogP contribution in [0.2, 0.25) is 4.34 Å². The molecule has 2 atom stereocenters. The molecule has 2 aromatic rings. The number of halogens is 1. The lowest BCUT2D eigenvalue weighted by molar-refractivity contribution is 0.305. The Morgan fingerprint density at radius 1 is 1.42 bits per heavy atom. The minimum absolute atomic E-state index is 0.250. The van der Waals surface area contributed by atoms with Crippen molar-refractivity contribution in [3.8, 4) is 5.75 Å². The molecule has 100 valence electrons. The van der Waals surface area contributed by atoms with Crippen molar-refractivity contribution in [3.63, 3.8) is 0 Å². The van der Waals surface area contributed by atoms with E-state index in [-0.39, 0.29) is 6.04 Å². The van der Waals surface area contributed by atoms with Gasteiger partial charge in [-0.2, -0.15) is 0 Å². The van der Waals surface area contributed by atoms with Crippen LogP contribution in [-0.2, 0) is 0 Å². The first kappa shape index (κ1) is 13.0. The lowest BCUT2D eigenvalue weighted by Crippen LogP contribution is -2.24. The van der Waals surface area contributed by atoms with Crippen LogP contribution in [0.5, 0.6) is 5.75 Å². The molecular formula is C15H16ClNOS. The van der Waals surface area contributed by atoms with E-state index in [2.05, 4.69) is 23.5 Å². The van der Waals surface area contributed by atoms with E-state index >= 15 is 0 Å². The number of hydrogen-bond donors (Lipinski definition) is 1. The maximum Gasteiger partial charge on any atom is 0.122 e. The Labute approximate surface area is 122 Å². The number of nitrogens with one attached hydrogen (secondary N) is 1. The summed E-state index contributed by atoms with van der Waals surface area (Å²) in [5.74, 6) is 1.35. The number of benzene rings is 1. The average molecular weight is 294 g/mol. The third-order valence-electron chi connectivity index (χ3n) is 3.63. The van der Waals surface area contributed by atoms with Crippen molar-refractivity contribution in [1.29, 1.82) is 0 Å². The highest BCUT2D eigenvalue weighted by Gasteiger charge is 2.32. The molecule has 0 saturated heterocycles. The fourth-order valence-electron chi connectivity index (χ4n) is 2.64. The van der Waals surface area contributed by atoms with Crippen LogP contribution in [0.3, 0.4) is 0 Å². The number of rotatable bonds is 3. The zero-order valence-corrected chi connectivity index (χ0v) is 12.5. The van der Waals surface area contributed by atoms with E-state index in [0.29, 0.717) is 5.92 Å². The third-order valence-corrected chi connectivity index (χ3v) is 5.27. The molecule has 1 N–H and O–H groups in total. The molecule has 0 spiro atoms. The summed E-state index contributed by atoms with van der Waals surface area (Å²) < 4.78 is 6.66. The van der Waals surface area contributed by atoms with Crippen molar-refractivity contribution in [3.05, 3.63) is 50.7 Å². The first-order chi connectivity index (χ1) is 9.20. The molecule has 0 aliphatic carbocycles. The van der Waals surface area contributed by atoms with Crippen LogP contribution in [0, 0.1) is 6.92 Å². The molecule has 2 heterocycles. The van der Waals surface area contributed by atoms with Gasteiger partial charge in [-0.3, -0.25) is 0 Å². The third kappa shape index (κ3) is 2.27. The second-order valence-corrected chi connectivity index (χ2v) is 6.51. The van der Waals surface area contributed by atoms with Crippen molar-refractivity contribution in [1.82, 2.24) is 5.32 Å². The van der Waals surface area contributed by atoms with Gasteiger partial charge in [-0.15, -0.1) is 11.3 Å². The highest BCUT2D eigenvalue weighted by molar-refractivity contribution is 7.16. The monoisotopic (exact) mass is 293 g/mol. The SMILES string of the molecule is CNC(c1cc(C)c(Cl)s1)C1COc2ccccc21. The zero-order valence-electron chi connectivity index (χ0n) is 10.9. The van der Waals surface area contributed by atoms with E-state index in [4.69, 9.17) is 16.3 Å². The van der Waals surface area contributed by atoms with E-state index in [0.717, 1.165) is 22.3 Å². The quantitative estimate of drug-likeness (QED) is 0.918. The summed E-state index contributed by atoms with van der Waals surface area (Å²) in [6, 6.07) is 10.7. The molecule has 1 aromatic heterocycles. The maximum atomic E-state index is 6.20. The van der Waals surface area contributed by atoms with Crippen LogP contribution in [0.15, 0.2) is 30.3 Å². The molecule has 0 radical (unpaired) electrons. The second-order valence-electron chi connectivity index (χ2n) is 4.83. The van der Waals surface area contributed by atoms with Crippen LogP contribution in [-0.4, -0.2) is 13.7 Å².